The summed E-state index contributed by atoms with van der Waals surface area (Å²) in [4.78, 5) is 26.4. The lowest BCUT2D eigenvalue weighted by atomic mass is 10.1. The highest BCUT2D eigenvalue weighted by molar-refractivity contribution is 5.86. The van der Waals surface area contributed by atoms with Gasteiger partial charge < -0.3 is 24.1 Å². The number of rotatable bonds is 5. The Bertz CT molecular complexity index is 1650. The molecule has 1 saturated heterocycles. The minimum absolute atomic E-state index is 0.105. The maximum atomic E-state index is 12.8. The number of aromatic hydroxyl groups is 1. The van der Waals surface area contributed by atoms with E-state index in [4.69, 9.17) is 9.15 Å². The molecule has 0 saturated carbocycles. The minimum Gasteiger partial charge on any atom is -0.507 e. The van der Waals surface area contributed by atoms with E-state index in [2.05, 4.69) is 44.0 Å². The zero-order valence-electron chi connectivity index (χ0n) is 20.9. The highest BCUT2D eigenvalue weighted by atomic mass is 16.5. The highest BCUT2D eigenvalue weighted by Crippen LogP contribution is 2.33. The van der Waals surface area contributed by atoms with Gasteiger partial charge in [-0.05, 0) is 19.1 Å². The predicted octanol–water partition coefficient (Wildman–Crippen LogP) is 5.38. The summed E-state index contributed by atoms with van der Waals surface area (Å²) in [5, 5.41) is 10.7. The number of hydrogen-bond acceptors (Lipinski definition) is 8. The molecule has 0 bridgehead atoms. The van der Waals surface area contributed by atoms with Crippen LogP contribution in [0.1, 0.15) is 5.82 Å². The summed E-state index contributed by atoms with van der Waals surface area (Å²) in [6.07, 6.45) is 0. The number of ether oxygens (including phenoxy) is 1. The highest BCUT2D eigenvalue weighted by Gasteiger charge is 2.20. The fraction of sp³-hybridized carbons (Fsp3) is 0.167. The van der Waals surface area contributed by atoms with E-state index in [-0.39, 0.29) is 22.1 Å². The molecule has 0 atom stereocenters. The second kappa shape index (κ2) is 9.89. The van der Waals surface area contributed by atoms with Gasteiger partial charge >= 0.3 is 0 Å². The summed E-state index contributed by atoms with van der Waals surface area (Å²) < 4.78 is 12.0. The van der Waals surface area contributed by atoms with Crippen molar-refractivity contribution >= 4 is 22.5 Å². The molecule has 1 aliphatic rings. The van der Waals surface area contributed by atoms with Gasteiger partial charge in [0.15, 0.2) is 5.43 Å². The molecule has 0 spiro atoms. The Labute approximate surface area is 219 Å². The monoisotopic (exact) mass is 506 g/mol. The van der Waals surface area contributed by atoms with Crippen LogP contribution in [0.5, 0.6) is 17.4 Å². The molecule has 8 heteroatoms. The fourth-order valence-electron chi connectivity index (χ4n) is 4.74. The van der Waals surface area contributed by atoms with Crippen molar-refractivity contribution in [3.8, 4) is 28.7 Å². The summed E-state index contributed by atoms with van der Waals surface area (Å²) in [5.41, 5.74) is 1.88. The van der Waals surface area contributed by atoms with Gasteiger partial charge in [-0.15, -0.1) is 0 Å². The van der Waals surface area contributed by atoms with Crippen LogP contribution in [0.3, 0.4) is 0 Å². The lowest BCUT2D eigenvalue weighted by Gasteiger charge is -2.36. The number of fused-ring (bicyclic) bond motifs is 1. The number of piperazine rings is 1. The van der Waals surface area contributed by atoms with Gasteiger partial charge in [0.1, 0.15) is 39.9 Å². The average molecular weight is 507 g/mol. The zero-order chi connectivity index (χ0) is 26.1. The van der Waals surface area contributed by atoms with Crippen molar-refractivity contribution in [2.75, 3.05) is 36.0 Å². The molecule has 38 heavy (non-hydrogen) atoms. The number of hydrogen-bond donors (Lipinski definition) is 1. The number of nitrogens with zero attached hydrogens (tertiary/aromatic N) is 4. The first-order chi connectivity index (χ1) is 18.5. The van der Waals surface area contributed by atoms with E-state index in [1.54, 1.807) is 12.1 Å². The van der Waals surface area contributed by atoms with E-state index in [9.17, 15) is 9.90 Å². The van der Waals surface area contributed by atoms with Crippen LogP contribution in [0.2, 0.25) is 0 Å². The van der Waals surface area contributed by atoms with Crippen LogP contribution < -0.4 is 20.0 Å². The maximum Gasteiger partial charge on any atom is 0.224 e. The molecule has 1 fully saturated rings. The Kier molecular flexibility index (Phi) is 6.13. The summed E-state index contributed by atoms with van der Waals surface area (Å²) >= 11 is 0. The second-order valence-electron chi connectivity index (χ2n) is 9.18. The molecule has 0 radical (unpaired) electrons. The second-order valence-corrected chi connectivity index (χ2v) is 9.18. The van der Waals surface area contributed by atoms with Gasteiger partial charge in [0.2, 0.25) is 5.88 Å². The normalized spacial score (nSPS) is 13.6. The van der Waals surface area contributed by atoms with Crippen molar-refractivity contribution in [2.45, 2.75) is 6.92 Å². The predicted molar refractivity (Wildman–Crippen MR) is 147 cm³/mol. The summed E-state index contributed by atoms with van der Waals surface area (Å²) in [5.74, 6) is 2.21. The van der Waals surface area contributed by atoms with Crippen molar-refractivity contribution in [2.24, 2.45) is 0 Å². The van der Waals surface area contributed by atoms with Crippen molar-refractivity contribution in [1.29, 1.82) is 0 Å². The third-order valence-electron chi connectivity index (χ3n) is 6.59. The molecule has 1 aliphatic heterocycles. The molecule has 1 N–H and O–H groups in total. The molecular weight excluding hydrogens is 480 g/mol. The Morgan fingerprint density at radius 3 is 2.26 bits per heavy atom. The number of para-hydroxylation sites is 1. The molecular formula is C30H26N4O4. The SMILES string of the molecule is Cc1nc(Oc2cc(O)c3c(=O)cc(-c4ccccc4)oc3c2)cc(N2CCN(c3ccccc3)CC2)n1. The van der Waals surface area contributed by atoms with Gasteiger partial charge in [-0.2, -0.15) is 4.98 Å². The van der Waals surface area contributed by atoms with Crippen LogP contribution >= 0.6 is 0 Å². The number of benzene rings is 3. The number of anilines is 2. The smallest absolute Gasteiger partial charge is 0.224 e. The van der Waals surface area contributed by atoms with Gasteiger partial charge in [0, 0.05) is 61.7 Å². The molecule has 8 nitrogen and oxygen atoms in total. The minimum atomic E-state index is -0.330. The molecule has 190 valence electrons. The van der Waals surface area contributed by atoms with E-state index in [0.717, 1.165) is 37.6 Å². The Balaban J connectivity index is 1.26. The van der Waals surface area contributed by atoms with Crippen molar-refractivity contribution in [1.82, 2.24) is 9.97 Å². The molecule has 2 aromatic heterocycles. The van der Waals surface area contributed by atoms with Crippen molar-refractivity contribution in [3.63, 3.8) is 0 Å². The molecule has 0 amide bonds. The van der Waals surface area contributed by atoms with Crippen LogP contribution in [-0.4, -0.2) is 41.3 Å². The van der Waals surface area contributed by atoms with Crippen LogP contribution in [0.4, 0.5) is 11.5 Å². The van der Waals surface area contributed by atoms with Crippen LogP contribution in [0.25, 0.3) is 22.3 Å². The van der Waals surface area contributed by atoms with E-state index in [1.165, 1.54) is 17.8 Å². The van der Waals surface area contributed by atoms with E-state index < -0.39 is 0 Å². The van der Waals surface area contributed by atoms with E-state index >= 15 is 0 Å². The van der Waals surface area contributed by atoms with E-state index in [0.29, 0.717) is 23.2 Å². The molecule has 5 aromatic rings. The Morgan fingerprint density at radius 1 is 0.842 bits per heavy atom. The lowest BCUT2D eigenvalue weighted by Crippen LogP contribution is -2.46. The standard InChI is InChI=1S/C30H26N4O4/c1-20-31-28(34-14-12-33(13-15-34)22-10-6-3-7-11-22)19-29(32-20)37-23-16-24(35)30-25(36)18-26(38-27(30)17-23)21-8-4-2-5-9-21/h2-11,16-19,35H,12-15H2,1H3. The molecule has 0 unspecified atom stereocenters. The van der Waals surface area contributed by atoms with Crippen LogP contribution in [-0.2, 0) is 0 Å². The maximum absolute atomic E-state index is 12.8. The molecule has 6 rings (SSSR count). The van der Waals surface area contributed by atoms with Gasteiger partial charge in [0.25, 0.3) is 0 Å². The van der Waals surface area contributed by atoms with Crippen LogP contribution in [0, 0.1) is 6.92 Å². The van der Waals surface area contributed by atoms with Crippen LogP contribution in [0.15, 0.2) is 94.1 Å². The number of aromatic nitrogens is 2. The first-order valence-electron chi connectivity index (χ1n) is 12.5. The number of phenolic OH excluding ortho intramolecular Hbond substituents is 1. The molecule has 3 heterocycles. The Hall–Kier alpha value is -4.85. The average Bonchev–Trinajstić information content (AvgIpc) is 2.93. The molecule has 0 aliphatic carbocycles. The van der Waals surface area contributed by atoms with Crippen molar-refractivity contribution < 1.29 is 14.3 Å². The number of aryl methyl sites for hydroxylation is 1. The number of phenols is 1. The zero-order valence-corrected chi connectivity index (χ0v) is 20.9. The fourth-order valence-corrected chi connectivity index (χ4v) is 4.74. The summed E-state index contributed by atoms with van der Waals surface area (Å²) in [7, 11) is 0. The Morgan fingerprint density at radius 2 is 1.53 bits per heavy atom. The van der Waals surface area contributed by atoms with Gasteiger partial charge in [-0.25, -0.2) is 4.98 Å². The summed E-state index contributed by atoms with van der Waals surface area (Å²) in [6.45, 7) is 5.21. The first kappa shape index (κ1) is 23.5. The van der Waals surface area contributed by atoms with E-state index in [1.807, 2.05) is 43.3 Å². The molecule has 3 aromatic carbocycles. The third-order valence-corrected chi connectivity index (χ3v) is 6.59. The largest absolute Gasteiger partial charge is 0.507 e. The topological polar surface area (TPSA) is 91.9 Å². The quantitative estimate of drug-likeness (QED) is 0.340. The van der Waals surface area contributed by atoms with Gasteiger partial charge in [-0.1, -0.05) is 48.5 Å². The first-order valence-corrected chi connectivity index (χ1v) is 12.5. The van der Waals surface area contributed by atoms with Crippen molar-refractivity contribution in [3.05, 3.63) is 101 Å². The van der Waals surface area contributed by atoms with Gasteiger partial charge in [-0.3, -0.25) is 4.79 Å². The third kappa shape index (κ3) is 4.76. The summed E-state index contributed by atoms with van der Waals surface area (Å²) in [6, 6.07) is 25.9. The van der Waals surface area contributed by atoms with Gasteiger partial charge in [0.05, 0.1) is 0 Å². The lowest BCUT2D eigenvalue weighted by molar-refractivity contribution is 0.444.